The van der Waals surface area contributed by atoms with Crippen molar-refractivity contribution in [2.45, 2.75) is 13.3 Å². The van der Waals surface area contributed by atoms with Gasteiger partial charge >= 0.3 is 0 Å². The summed E-state index contributed by atoms with van der Waals surface area (Å²) in [5.41, 5.74) is 2.49. The van der Waals surface area contributed by atoms with E-state index < -0.39 is 0 Å². The van der Waals surface area contributed by atoms with Gasteiger partial charge in [-0.3, -0.25) is 9.78 Å². The van der Waals surface area contributed by atoms with Gasteiger partial charge in [-0.1, -0.05) is 6.07 Å². The summed E-state index contributed by atoms with van der Waals surface area (Å²) in [5, 5.41) is 0. The average Bonchev–Trinajstić information content (AvgIpc) is 2.39. The number of aryl methyl sites for hydroxylation is 1. The molecular formula is C15H14BrNO2. The van der Waals surface area contributed by atoms with E-state index in [1.54, 1.807) is 13.3 Å². The quantitative estimate of drug-likeness (QED) is 0.808. The fourth-order valence-corrected chi connectivity index (χ4v) is 2.33. The zero-order chi connectivity index (χ0) is 13.8. The maximum atomic E-state index is 12.1. The highest BCUT2D eigenvalue weighted by molar-refractivity contribution is 9.10. The van der Waals surface area contributed by atoms with Crippen molar-refractivity contribution in [1.82, 2.24) is 4.98 Å². The van der Waals surface area contributed by atoms with Crippen molar-refractivity contribution in [3.05, 3.63) is 57.8 Å². The van der Waals surface area contributed by atoms with Crippen molar-refractivity contribution in [2.75, 3.05) is 7.11 Å². The van der Waals surface area contributed by atoms with Crippen LogP contribution < -0.4 is 4.74 Å². The summed E-state index contributed by atoms with van der Waals surface area (Å²) in [6, 6.07) is 9.29. The Labute approximate surface area is 120 Å². The van der Waals surface area contributed by atoms with Crippen molar-refractivity contribution < 1.29 is 9.53 Å². The molecule has 0 N–H and O–H groups in total. The number of methoxy groups -OCH3 is 1. The highest BCUT2D eigenvalue weighted by Crippen LogP contribution is 2.26. The molecule has 0 amide bonds. The van der Waals surface area contributed by atoms with E-state index in [0.29, 0.717) is 12.0 Å². The van der Waals surface area contributed by atoms with Crippen LogP contribution >= 0.6 is 15.9 Å². The third-order valence-corrected chi connectivity index (χ3v) is 3.43. The van der Waals surface area contributed by atoms with Gasteiger partial charge in [0.25, 0.3) is 0 Å². The summed E-state index contributed by atoms with van der Waals surface area (Å²) in [4.78, 5) is 16.2. The maximum absolute atomic E-state index is 12.1. The third-order valence-electron chi connectivity index (χ3n) is 2.81. The van der Waals surface area contributed by atoms with E-state index in [4.69, 9.17) is 4.74 Å². The van der Waals surface area contributed by atoms with E-state index in [2.05, 4.69) is 20.9 Å². The van der Waals surface area contributed by atoms with Crippen molar-refractivity contribution in [2.24, 2.45) is 0 Å². The summed E-state index contributed by atoms with van der Waals surface area (Å²) in [7, 11) is 1.61. The second-order valence-electron chi connectivity index (χ2n) is 4.26. The van der Waals surface area contributed by atoms with Crippen LogP contribution in [-0.2, 0) is 6.42 Å². The topological polar surface area (TPSA) is 39.2 Å². The first-order chi connectivity index (χ1) is 9.10. The molecule has 0 saturated heterocycles. The average molecular weight is 320 g/mol. The van der Waals surface area contributed by atoms with Gasteiger partial charge in [-0.05, 0) is 52.7 Å². The number of carbonyl (C=O) groups excluding carboxylic acids is 1. The van der Waals surface area contributed by atoms with Crippen molar-refractivity contribution in [3.8, 4) is 5.75 Å². The van der Waals surface area contributed by atoms with Gasteiger partial charge in [-0.25, -0.2) is 0 Å². The van der Waals surface area contributed by atoms with E-state index in [9.17, 15) is 4.79 Å². The molecule has 1 aromatic heterocycles. The highest BCUT2D eigenvalue weighted by atomic mass is 79.9. The lowest BCUT2D eigenvalue weighted by molar-refractivity contribution is 0.0992. The number of nitrogens with zero attached hydrogens (tertiary/aromatic N) is 1. The summed E-state index contributed by atoms with van der Waals surface area (Å²) >= 11 is 3.41. The fourth-order valence-electron chi connectivity index (χ4n) is 1.74. The number of hydrogen-bond donors (Lipinski definition) is 0. The first kappa shape index (κ1) is 13.7. The Morgan fingerprint density at radius 2 is 2.11 bits per heavy atom. The minimum atomic E-state index is 0.0598. The van der Waals surface area contributed by atoms with Gasteiger partial charge in [0.05, 0.1) is 11.6 Å². The molecule has 1 aromatic carbocycles. The van der Waals surface area contributed by atoms with Gasteiger partial charge in [0.1, 0.15) is 5.75 Å². The van der Waals surface area contributed by atoms with Crippen LogP contribution in [0.25, 0.3) is 0 Å². The van der Waals surface area contributed by atoms with Crippen LogP contribution in [0.1, 0.15) is 21.6 Å². The number of pyridine rings is 1. The van der Waals surface area contributed by atoms with E-state index in [0.717, 1.165) is 21.5 Å². The third kappa shape index (κ3) is 3.41. The molecule has 0 bridgehead atoms. The summed E-state index contributed by atoms with van der Waals surface area (Å²) in [6.07, 6.45) is 1.98. The van der Waals surface area contributed by atoms with Crippen molar-refractivity contribution in [1.29, 1.82) is 0 Å². The molecule has 4 heteroatoms. The summed E-state index contributed by atoms with van der Waals surface area (Å²) in [6.45, 7) is 1.90. The van der Waals surface area contributed by atoms with Crippen LogP contribution in [0.4, 0.5) is 0 Å². The van der Waals surface area contributed by atoms with Crippen molar-refractivity contribution >= 4 is 21.7 Å². The Balaban J connectivity index is 2.14. The van der Waals surface area contributed by atoms with Crippen LogP contribution in [0.3, 0.4) is 0 Å². The lowest BCUT2D eigenvalue weighted by Crippen LogP contribution is -2.04. The maximum Gasteiger partial charge on any atom is 0.168 e. The number of benzene rings is 1. The molecule has 0 atom stereocenters. The smallest absolute Gasteiger partial charge is 0.168 e. The molecule has 0 aliphatic rings. The van der Waals surface area contributed by atoms with Crippen LogP contribution in [0.2, 0.25) is 0 Å². The fraction of sp³-hybridized carbons (Fsp3) is 0.200. The van der Waals surface area contributed by atoms with Crippen LogP contribution in [0, 0.1) is 6.92 Å². The standard InChI is InChI=1S/C15H14BrNO2/c1-10-3-5-12(9-17-10)14(18)8-11-4-6-15(19-2)13(16)7-11/h3-7,9H,8H2,1-2H3. The number of rotatable bonds is 4. The minimum Gasteiger partial charge on any atom is -0.496 e. The number of Topliss-reactive ketones (excluding diaryl/α,β-unsaturated/α-hetero) is 1. The molecule has 98 valence electrons. The normalized spacial score (nSPS) is 10.3. The Morgan fingerprint density at radius 3 is 2.68 bits per heavy atom. The molecule has 1 heterocycles. The lowest BCUT2D eigenvalue weighted by Gasteiger charge is -2.06. The SMILES string of the molecule is COc1ccc(CC(=O)c2ccc(C)nc2)cc1Br. The van der Waals surface area contributed by atoms with Crippen molar-refractivity contribution in [3.63, 3.8) is 0 Å². The molecule has 0 fully saturated rings. The molecule has 2 rings (SSSR count). The molecule has 0 saturated carbocycles. The first-order valence-electron chi connectivity index (χ1n) is 5.88. The lowest BCUT2D eigenvalue weighted by atomic mass is 10.0. The predicted molar refractivity (Wildman–Crippen MR) is 77.7 cm³/mol. The number of hydrogen-bond acceptors (Lipinski definition) is 3. The van der Waals surface area contributed by atoms with Gasteiger partial charge in [0.15, 0.2) is 5.78 Å². The molecule has 0 radical (unpaired) electrons. The zero-order valence-corrected chi connectivity index (χ0v) is 12.4. The number of carbonyl (C=O) groups is 1. The number of ether oxygens (including phenoxy) is 1. The predicted octanol–water partition coefficient (Wildman–Crippen LogP) is 3.59. The van der Waals surface area contributed by atoms with Gasteiger partial charge in [-0.2, -0.15) is 0 Å². The second-order valence-corrected chi connectivity index (χ2v) is 5.11. The first-order valence-corrected chi connectivity index (χ1v) is 6.67. The Bertz CT molecular complexity index is 594. The summed E-state index contributed by atoms with van der Waals surface area (Å²) < 4.78 is 6.01. The molecular weight excluding hydrogens is 306 g/mol. The molecule has 0 unspecified atom stereocenters. The van der Waals surface area contributed by atoms with Crippen LogP contribution in [0.5, 0.6) is 5.75 Å². The molecule has 2 aromatic rings. The number of aromatic nitrogens is 1. The largest absolute Gasteiger partial charge is 0.496 e. The Kier molecular flexibility index (Phi) is 4.32. The Morgan fingerprint density at radius 1 is 1.32 bits per heavy atom. The number of ketones is 1. The van der Waals surface area contributed by atoms with E-state index in [1.807, 2.05) is 37.3 Å². The summed E-state index contributed by atoms with van der Waals surface area (Å²) in [5.74, 6) is 0.817. The van der Waals surface area contributed by atoms with Gasteiger partial charge in [0.2, 0.25) is 0 Å². The highest BCUT2D eigenvalue weighted by Gasteiger charge is 2.09. The monoisotopic (exact) mass is 319 g/mol. The van der Waals surface area contributed by atoms with E-state index in [-0.39, 0.29) is 5.78 Å². The minimum absolute atomic E-state index is 0.0598. The molecule has 0 aliphatic carbocycles. The van der Waals surface area contributed by atoms with Crippen LogP contribution in [-0.4, -0.2) is 17.9 Å². The molecule has 0 aliphatic heterocycles. The Hall–Kier alpha value is -1.68. The second kappa shape index (κ2) is 5.97. The van der Waals surface area contributed by atoms with Gasteiger partial charge in [0, 0.05) is 23.9 Å². The zero-order valence-electron chi connectivity index (χ0n) is 10.8. The number of halogens is 1. The van der Waals surface area contributed by atoms with E-state index >= 15 is 0 Å². The molecule has 0 spiro atoms. The van der Waals surface area contributed by atoms with Gasteiger partial charge in [-0.15, -0.1) is 0 Å². The molecule has 3 nitrogen and oxygen atoms in total. The van der Waals surface area contributed by atoms with Gasteiger partial charge < -0.3 is 4.74 Å². The van der Waals surface area contributed by atoms with E-state index in [1.165, 1.54) is 0 Å². The van der Waals surface area contributed by atoms with Crippen LogP contribution in [0.15, 0.2) is 41.0 Å². The molecule has 19 heavy (non-hydrogen) atoms.